The minimum absolute atomic E-state index is 0.177. The molecule has 1 atom stereocenters. The van der Waals surface area contributed by atoms with Gasteiger partial charge in [0.2, 0.25) is 0 Å². The van der Waals surface area contributed by atoms with E-state index in [1.54, 1.807) is 11.3 Å². The molecule has 0 aliphatic heterocycles. The monoisotopic (exact) mass is 236 g/mol. The molecule has 0 bridgehead atoms. The lowest BCUT2D eigenvalue weighted by atomic mass is 10.3. The van der Waals surface area contributed by atoms with Gasteiger partial charge < -0.3 is 5.32 Å². The second-order valence-electron chi connectivity index (χ2n) is 3.73. The van der Waals surface area contributed by atoms with Crippen molar-refractivity contribution in [1.82, 2.24) is 20.5 Å². The van der Waals surface area contributed by atoms with Crippen LogP contribution in [0.2, 0.25) is 0 Å². The van der Waals surface area contributed by atoms with Crippen LogP contribution in [0.1, 0.15) is 37.1 Å². The van der Waals surface area contributed by atoms with Gasteiger partial charge >= 0.3 is 0 Å². The fourth-order valence-corrected chi connectivity index (χ4v) is 2.09. The number of hydrogen-bond donors (Lipinski definition) is 2. The Hall–Kier alpha value is -1.20. The molecule has 0 fully saturated rings. The smallest absolute Gasteiger partial charge is 0.167 e. The SMILES string of the molecule is CCc1nc(C(C)NCc2ccsc2)n[nH]1. The lowest BCUT2D eigenvalue weighted by Gasteiger charge is -2.08. The standard InChI is InChI=1S/C11H16N4S/c1-3-10-13-11(15-14-10)8(2)12-6-9-4-5-16-7-9/h4-5,7-8,12H,3,6H2,1-2H3,(H,13,14,15). The maximum atomic E-state index is 4.40. The van der Waals surface area contributed by atoms with E-state index in [0.717, 1.165) is 24.6 Å². The molecule has 5 heteroatoms. The van der Waals surface area contributed by atoms with E-state index in [-0.39, 0.29) is 6.04 Å². The van der Waals surface area contributed by atoms with E-state index in [9.17, 15) is 0 Å². The molecule has 86 valence electrons. The Morgan fingerprint density at radius 3 is 3.06 bits per heavy atom. The lowest BCUT2D eigenvalue weighted by molar-refractivity contribution is 0.548. The molecule has 2 aromatic heterocycles. The van der Waals surface area contributed by atoms with Gasteiger partial charge in [0.15, 0.2) is 5.82 Å². The largest absolute Gasteiger partial charge is 0.303 e. The highest BCUT2D eigenvalue weighted by atomic mass is 32.1. The Labute approximate surface area is 99.1 Å². The lowest BCUT2D eigenvalue weighted by Crippen LogP contribution is -2.18. The molecular formula is C11H16N4S. The normalized spacial score (nSPS) is 12.9. The first-order valence-electron chi connectivity index (χ1n) is 5.45. The highest BCUT2D eigenvalue weighted by Gasteiger charge is 2.10. The van der Waals surface area contributed by atoms with Gasteiger partial charge in [0.25, 0.3) is 0 Å². The van der Waals surface area contributed by atoms with Gasteiger partial charge in [0.1, 0.15) is 5.82 Å². The van der Waals surface area contributed by atoms with Crippen molar-refractivity contribution in [3.05, 3.63) is 34.0 Å². The van der Waals surface area contributed by atoms with Crippen molar-refractivity contribution < 1.29 is 0 Å². The number of aromatic nitrogens is 3. The Balaban J connectivity index is 1.90. The summed E-state index contributed by atoms with van der Waals surface area (Å²) in [6, 6.07) is 2.30. The first-order valence-corrected chi connectivity index (χ1v) is 6.39. The zero-order valence-electron chi connectivity index (χ0n) is 9.53. The van der Waals surface area contributed by atoms with Crippen LogP contribution in [-0.2, 0) is 13.0 Å². The second kappa shape index (κ2) is 5.23. The van der Waals surface area contributed by atoms with Gasteiger partial charge in [-0.2, -0.15) is 16.4 Å². The third-order valence-electron chi connectivity index (χ3n) is 2.46. The minimum Gasteiger partial charge on any atom is -0.303 e. The van der Waals surface area contributed by atoms with Gasteiger partial charge in [-0.15, -0.1) is 0 Å². The van der Waals surface area contributed by atoms with Crippen LogP contribution in [0, 0.1) is 0 Å². The number of hydrogen-bond acceptors (Lipinski definition) is 4. The van der Waals surface area contributed by atoms with Crippen LogP contribution in [0.4, 0.5) is 0 Å². The maximum Gasteiger partial charge on any atom is 0.167 e. The van der Waals surface area contributed by atoms with Crippen molar-refractivity contribution in [1.29, 1.82) is 0 Å². The first-order chi connectivity index (χ1) is 7.79. The molecular weight excluding hydrogens is 220 g/mol. The molecule has 0 aromatic carbocycles. The fourth-order valence-electron chi connectivity index (χ4n) is 1.42. The number of nitrogens with one attached hydrogen (secondary N) is 2. The highest BCUT2D eigenvalue weighted by Crippen LogP contribution is 2.10. The molecule has 4 nitrogen and oxygen atoms in total. The third-order valence-corrected chi connectivity index (χ3v) is 3.20. The van der Waals surface area contributed by atoms with Crippen LogP contribution in [0.3, 0.4) is 0 Å². The minimum atomic E-state index is 0.177. The zero-order valence-corrected chi connectivity index (χ0v) is 10.3. The molecule has 1 unspecified atom stereocenters. The van der Waals surface area contributed by atoms with Crippen molar-refractivity contribution in [2.75, 3.05) is 0 Å². The zero-order chi connectivity index (χ0) is 11.4. The van der Waals surface area contributed by atoms with E-state index >= 15 is 0 Å². The van der Waals surface area contributed by atoms with Crippen molar-refractivity contribution in [2.24, 2.45) is 0 Å². The average Bonchev–Trinajstić information content (AvgIpc) is 2.96. The van der Waals surface area contributed by atoms with E-state index in [0.29, 0.717) is 0 Å². The summed E-state index contributed by atoms with van der Waals surface area (Å²) in [5, 5.41) is 14.8. The van der Waals surface area contributed by atoms with Gasteiger partial charge in [0, 0.05) is 13.0 Å². The van der Waals surface area contributed by atoms with Gasteiger partial charge in [-0.05, 0) is 29.3 Å². The summed E-state index contributed by atoms with van der Waals surface area (Å²) in [6.07, 6.45) is 0.893. The van der Waals surface area contributed by atoms with Crippen LogP contribution < -0.4 is 5.32 Å². The number of aryl methyl sites for hydroxylation is 1. The molecule has 0 spiro atoms. The van der Waals surface area contributed by atoms with Crippen LogP contribution in [-0.4, -0.2) is 15.2 Å². The van der Waals surface area contributed by atoms with E-state index in [1.807, 2.05) is 0 Å². The third kappa shape index (κ3) is 2.68. The topological polar surface area (TPSA) is 53.6 Å². The molecule has 0 radical (unpaired) electrons. The predicted octanol–water partition coefficient (Wildman–Crippen LogP) is 2.28. The first kappa shape index (κ1) is 11.3. The number of H-pyrrole nitrogens is 1. The number of nitrogens with zero attached hydrogens (tertiary/aromatic N) is 2. The summed E-state index contributed by atoms with van der Waals surface area (Å²) in [5.41, 5.74) is 1.31. The van der Waals surface area contributed by atoms with Crippen molar-refractivity contribution in [2.45, 2.75) is 32.9 Å². The molecule has 2 aromatic rings. The molecule has 16 heavy (non-hydrogen) atoms. The van der Waals surface area contributed by atoms with E-state index in [2.05, 4.69) is 51.2 Å². The molecule has 0 saturated heterocycles. The molecule has 2 heterocycles. The molecule has 0 saturated carbocycles. The maximum absolute atomic E-state index is 4.40. The summed E-state index contributed by atoms with van der Waals surface area (Å²) in [4.78, 5) is 4.40. The molecule has 0 aliphatic carbocycles. The number of rotatable bonds is 5. The van der Waals surface area contributed by atoms with E-state index in [1.165, 1.54) is 5.56 Å². The molecule has 2 rings (SSSR count). The fraction of sp³-hybridized carbons (Fsp3) is 0.455. The second-order valence-corrected chi connectivity index (χ2v) is 4.51. The molecule has 0 amide bonds. The Morgan fingerprint density at radius 2 is 2.44 bits per heavy atom. The summed E-state index contributed by atoms with van der Waals surface area (Å²) < 4.78 is 0. The van der Waals surface area contributed by atoms with Crippen LogP contribution in [0.15, 0.2) is 16.8 Å². The average molecular weight is 236 g/mol. The summed E-state index contributed by atoms with van der Waals surface area (Å²) in [6.45, 7) is 5.00. The quantitative estimate of drug-likeness (QED) is 0.837. The summed E-state index contributed by atoms with van der Waals surface area (Å²) in [5.74, 6) is 1.78. The summed E-state index contributed by atoms with van der Waals surface area (Å²) >= 11 is 1.72. The van der Waals surface area contributed by atoms with Crippen LogP contribution in [0.5, 0.6) is 0 Å². The molecule has 0 aliphatic rings. The number of thiophene rings is 1. The molecule has 2 N–H and O–H groups in total. The van der Waals surface area contributed by atoms with Crippen LogP contribution >= 0.6 is 11.3 Å². The van der Waals surface area contributed by atoms with Gasteiger partial charge in [-0.3, -0.25) is 5.10 Å². The predicted molar refractivity (Wildman–Crippen MR) is 65.3 cm³/mol. The Morgan fingerprint density at radius 1 is 1.56 bits per heavy atom. The van der Waals surface area contributed by atoms with Crippen molar-refractivity contribution in [3.8, 4) is 0 Å². The Kier molecular flexibility index (Phi) is 3.69. The van der Waals surface area contributed by atoms with Gasteiger partial charge in [-0.1, -0.05) is 6.92 Å². The van der Waals surface area contributed by atoms with Crippen molar-refractivity contribution >= 4 is 11.3 Å². The van der Waals surface area contributed by atoms with Crippen LogP contribution in [0.25, 0.3) is 0 Å². The van der Waals surface area contributed by atoms with Gasteiger partial charge in [-0.25, -0.2) is 4.98 Å². The Bertz CT molecular complexity index is 421. The van der Waals surface area contributed by atoms with E-state index in [4.69, 9.17) is 0 Å². The van der Waals surface area contributed by atoms with Crippen molar-refractivity contribution in [3.63, 3.8) is 0 Å². The number of aromatic amines is 1. The highest BCUT2D eigenvalue weighted by molar-refractivity contribution is 7.07. The van der Waals surface area contributed by atoms with E-state index < -0.39 is 0 Å². The summed E-state index contributed by atoms with van der Waals surface area (Å²) in [7, 11) is 0. The van der Waals surface area contributed by atoms with Gasteiger partial charge in [0.05, 0.1) is 6.04 Å².